The molecule has 0 aliphatic heterocycles. The number of benzene rings is 2. The summed E-state index contributed by atoms with van der Waals surface area (Å²) in [5.41, 5.74) is 1.94. The molecule has 3 rings (SSSR count). The molecule has 20 heavy (non-hydrogen) atoms. The van der Waals surface area contributed by atoms with Crippen LogP contribution in [0.25, 0.3) is 0 Å². The van der Waals surface area contributed by atoms with Crippen molar-refractivity contribution >= 4 is 0 Å². The van der Waals surface area contributed by atoms with E-state index < -0.39 is 5.60 Å². The largest absolute Gasteiger partial charge is 0.490 e. The van der Waals surface area contributed by atoms with E-state index in [0.29, 0.717) is 6.10 Å². The SMILES string of the molecule is Cc1ccccc1C(C)(O)c1ccc(OC2CC2)cc1. The third-order valence-corrected chi connectivity index (χ3v) is 3.91. The minimum atomic E-state index is -0.983. The maximum Gasteiger partial charge on any atom is 0.119 e. The Labute approximate surface area is 120 Å². The Hall–Kier alpha value is -1.80. The highest BCUT2D eigenvalue weighted by atomic mass is 16.5. The molecule has 1 fully saturated rings. The zero-order valence-corrected chi connectivity index (χ0v) is 12.0. The molecule has 2 aromatic rings. The third-order valence-electron chi connectivity index (χ3n) is 3.91. The van der Waals surface area contributed by atoms with Gasteiger partial charge in [0.25, 0.3) is 0 Å². The Kier molecular flexibility index (Phi) is 3.27. The number of ether oxygens (including phenoxy) is 1. The molecule has 0 spiro atoms. The maximum atomic E-state index is 10.9. The van der Waals surface area contributed by atoms with E-state index in [1.807, 2.05) is 62.4 Å². The van der Waals surface area contributed by atoms with Crippen molar-refractivity contribution in [1.82, 2.24) is 0 Å². The summed E-state index contributed by atoms with van der Waals surface area (Å²) in [6.45, 7) is 3.86. The monoisotopic (exact) mass is 268 g/mol. The lowest BCUT2D eigenvalue weighted by Crippen LogP contribution is -2.23. The van der Waals surface area contributed by atoms with Gasteiger partial charge in [-0.15, -0.1) is 0 Å². The van der Waals surface area contributed by atoms with Crippen LogP contribution in [0.1, 0.15) is 36.5 Å². The summed E-state index contributed by atoms with van der Waals surface area (Å²) in [5.74, 6) is 0.886. The molecule has 0 radical (unpaired) electrons. The lowest BCUT2D eigenvalue weighted by Gasteiger charge is -2.26. The zero-order chi connectivity index (χ0) is 14.2. The predicted octanol–water partition coefficient (Wildman–Crippen LogP) is 3.79. The molecular formula is C18H20O2. The van der Waals surface area contributed by atoms with Gasteiger partial charge in [-0.2, -0.15) is 0 Å². The molecule has 1 aliphatic rings. The van der Waals surface area contributed by atoms with Gasteiger partial charge in [-0.1, -0.05) is 36.4 Å². The van der Waals surface area contributed by atoms with E-state index in [9.17, 15) is 5.11 Å². The quantitative estimate of drug-likeness (QED) is 0.914. The van der Waals surface area contributed by atoms with Crippen molar-refractivity contribution in [2.75, 3.05) is 0 Å². The summed E-state index contributed by atoms with van der Waals surface area (Å²) in [5, 5.41) is 10.9. The van der Waals surface area contributed by atoms with E-state index in [2.05, 4.69) is 0 Å². The van der Waals surface area contributed by atoms with E-state index in [4.69, 9.17) is 4.74 Å². The Balaban J connectivity index is 1.88. The lowest BCUT2D eigenvalue weighted by atomic mass is 9.86. The molecule has 2 nitrogen and oxygen atoms in total. The summed E-state index contributed by atoms with van der Waals surface area (Å²) in [6.07, 6.45) is 2.71. The van der Waals surface area contributed by atoms with Crippen LogP contribution in [0.3, 0.4) is 0 Å². The molecule has 0 heterocycles. The van der Waals surface area contributed by atoms with Crippen LogP contribution in [-0.4, -0.2) is 11.2 Å². The topological polar surface area (TPSA) is 29.5 Å². The van der Waals surface area contributed by atoms with Crippen molar-refractivity contribution in [3.05, 3.63) is 65.2 Å². The molecule has 0 saturated heterocycles. The van der Waals surface area contributed by atoms with Gasteiger partial charge in [0.15, 0.2) is 0 Å². The van der Waals surface area contributed by atoms with Crippen LogP contribution in [0.2, 0.25) is 0 Å². The minimum absolute atomic E-state index is 0.401. The summed E-state index contributed by atoms with van der Waals surface area (Å²) < 4.78 is 5.74. The first kappa shape index (κ1) is 13.2. The van der Waals surface area contributed by atoms with E-state index in [0.717, 1.165) is 35.3 Å². The van der Waals surface area contributed by atoms with E-state index in [1.54, 1.807) is 0 Å². The smallest absolute Gasteiger partial charge is 0.119 e. The fourth-order valence-corrected chi connectivity index (χ4v) is 2.51. The van der Waals surface area contributed by atoms with Gasteiger partial charge < -0.3 is 9.84 Å². The molecular weight excluding hydrogens is 248 g/mol. The molecule has 1 unspecified atom stereocenters. The Morgan fingerprint density at radius 3 is 2.30 bits per heavy atom. The van der Waals surface area contributed by atoms with Crippen molar-refractivity contribution < 1.29 is 9.84 Å². The fraction of sp³-hybridized carbons (Fsp3) is 0.333. The third kappa shape index (κ3) is 2.56. The number of hydrogen-bond acceptors (Lipinski definition) is 2. The Bertz CT molecular complexity index is 595. The van der Waals surface area contributed by atoms with Crippen molar-refractivity contribution in [3.8, 4) is 5.75 Å². The highest BCUT2D eigenvalue weighted by Crippen LogP contribution is 2.33. The summed E-state index contributed by atoms with van der Waals surface area (Å²) in [6, 6.07) is 15.7. The van der Waals surface area contributed by atoms with Crippen LogP contribution < -0.4 is 4.74 Å². The van der Waals surface area contributed by atoms with Crippen molar-refractivity contribution in [2.45, 2.75) is 38.4 Å². The molecule has 1 N–H and O–H groups in total. The first-order valence-electron chi connectivity index (χ1n) is 7.13. The van der Waals surface area contributed by atoms with E-state index >= 15 is 0 Å². The van der Waals surface area contributed by atoms with Crippen LogP contribution >= 0.6 is 0 Å². The van der Waals surface area contributed by atoms with Crippen molar-refractivity contribution in [3.63, 3.8) is 0 Å². The summed E-state index contributed by atoms with van der Waals surface area (Å²) >= 11 is 0. The van der Waals surface area contributed by atoms with Gasteiger partial charge in [-0.25, -0.2) is 0 Å². The van der Waals surface area contributed by atoms with Gasteiger partial charge in [-0.05, 0) is 55.5 Å². The summed E-state index contributed by atoms with van der Waals surface area (Å²) in [4.78, 5) is 0. The van der Waals surface area contributed by atoms with Gasteiger partial charge in [0.05, 0.1) is 6.10 Å². The van der Waals surface area contributed by atoms with E-state index in [-0.39, 0.29) is 0 Å². The number of aryl methyl sites for hydroxylation is 1. The van der Waals surface area contributed by atoms with E-state index in [1.165, 1.54) is 0 Å². The van der Waals surface area contributed by atoms with Crippen LogP contribution in [0.4, 0.5) is 0 Å². The molecule has 1 saturated carbocycles. The van der Waals surface area contributed by atoms with Gasteiger partial charge in [0.1, 0.15) is 11.4 Å². The maximum absolute atomic E-state index is 10.9. The highest BCUT2D eigenvalue weighted by molar-refractivity contribution is 5.41. The van der Waals surface area contributed by atoms with Crippen LogP contribution in [0.15, 0.2) is 48.5 Å². The number of rotatable bonds is 4. The van der Waals surface area contributed by atoms with Crippen LogP contribution in [0.5, 0.6) is 5.75 Å². The normalized spacial score (nSPS) is 17.6. The van der Waals surface area contributed by atoms with Gasteiger partial charge >= 0.3 is 0 Å². The molecule has 2 heteroatoms. The molecule has 1 atom stereocenters. The second-order valence-electron chi connectivity index (χ2n) is 5.73. The molecule has 2 aromatic carbocycles. The van der Waals surface area contributed by atoms with Crippen LogP contribution in [-0.2, 0) is 5.60 Å². The molecule has 1 aliphatic carbocycles. The minimum Gasteiger partial charge on any atom is -0.490 e. The first-order chi connectivity index (χ1) is 9.57. The van der Waals surface area contributed by atoms with Gasteiger partial charge in [0.2, 0.25) is 0 Å². The second-order valence-corrected chi connectivity index (χ2v) is 5.73. The molecule has 0 aromatic heterocycles. The lowest BCUT2D eigenvalue weighted by molar-refractivity contribution is 0.101. The predicted molar refractivity (Wildman–Crippen MR) is 79.9 cm³/mol. The Morgan fingerprint density at radius 2 is 1.70 bits per heavy atom. The van der Waals surface area contributed by atoms with Crippen LogP contribution in [0, 0.1) is 6.92 Å². The second kappa shape index (κ2) is 4.95. The average Bonchev–Trinajstić information content (AvgIpc) is 3.24. The molecule has 104 valence electrons. The standard InChI is InChI=1S/C18H20O2/c1-13-5-3-4-6-17(13)18(2,19)14-7-9-15(10-8-14)20-16-11-12-16/h3-10,16,19H,11-12H2,1-2H3. The highest BCUT2D eigenvalue weighted by Gasteiger charge is 2.27. The fourth-order valence-electron chi connectivity index (χ4n) is 2.51. The van der Waals surface area contributed by atoms with Crippen molar-refractivity contribution in [1.29, 1.82) is 0 Å². The average molecular weight is 268 g/mol. The summed E-state index contributed by atoms with van der Waals surface area (Å²) in [7, 11) is 0. The first-order valence-corrected chi connectivity index (χ1v) is 7.13. The number of aliphatic hydroxyl groups is 1. The van der Waals surface area contributed by atoms with Gasteiger partial charge in [0, 0.05) is 0 Å². The van der Waals surface area contributed by atoms with Gasteiger partial charge in [-0.3, -0.25) is 0 Å². The zero-order valence-electron chi connectivity index (χ0n) is 12.0. The Morgan fingerprint density at radius 1 is 1.05 bits per heavy atom. The number of hydrogen-bond donors (Lipinski definition) is 1. The van der Waals surface area contributed by atoms with Crippen molar-refractivity contribution in [2.24, 2.45) is 0 Å². The molecule has 0 amide bonds. The molecule has 0 bridgehead atoms.